The van der Waals surface area contributed by atoms with Gasteiger partial charge in [0, 0.05) is 29.1 Å². The molecule has 172 valence electrons. The normalized spacial score (nSPS) is 10.6. The number of primary amides is 1. The molecule has 0 atom stereocenters. The van der Waals surface area contributed by atoms with Gasteiger partial charge < -0.3 is 24.9 Å². The average molecular weight is 458 g/mol. The highest BCUT2D eigenvalue weighted by Gasteiger charge is 2.22. The monoisotopic (exact) mass is 458 g/mol. The largest absolute Gasteiger partial charge is 0.497 e. The van der Waals surface area contributed by atoms with Crippen molar-refractivity contribution >= 4 is 22.8 Å². The number of nitrogens with one attached hydrogen (secondary N) is 1. The Morgan fingerprint density at radius 2 is 1.59 bits per heavy atom. The second-order valence-corrected chi connectivity index (χ2v) is 7.48. The number of carbonyl (C=O) groups is 2. The number of ether oxygens (including phenoxy) is 2. The van der Waals surface area contributed by atoms with Crippen molar-refractivity contribution in [2.24, 2.45) is 5.73 Å². The zero-order chi connectivity index (χ0) is 24.2. The summed E-state index contributed by atoms with van der Waals surface area (Å²) in [5.41, 5.74) is 6.80. The molecule has 0 bridgehead atoms. The Bertz CT molecular complexity index is 1420. The SMILES string of the molecule is COc1cc(CNC(=O)c2c(-c3ccc(C(N)=O)cc3)c3ccccc3oc2=O)cc(OC)c1. The molecule has 4 rings (SSSR count). The summed E-state index contributed by atoms with van der Waals surface area (Å²) in [6.45, 7) is 0.124. The predicted octanol–water partition coefficient (Wildman–Crippen LogP) is 3.51. The maximum Gasteiger partial charge on any atom is 0.349 e. The van der Waals surface area contributed by atoms with Crippen molar-refractivity contribution in [3.63, 3.8) is 0 Å². The second-order valence-electron chi connectivity index (χ2n) is 7.48. The summed E-state index contributed by atoms with van der Waals surface area (Å²) in [6.07, 6.45) is 0. The van der Waals surface area contributed by atoms with Crippen LogP contribution in [0.2, 0.25) is 0 Å². The van der Waals surface area contributed by atoms with Crippen LogP contribution in [0.4, 0.5) is 0 Å². The predicted molar refractivity (Wildman–Crippen MR) is 127 cm³/mol. The van der Waals surface area contributed by atoms with E-state index in [0.29, 0.717) is 39.2 Å². The fourth-order valence-corrected chi connectivity index (χ4v) is 3.70. The number of hydrogen-bond acceptors (Lipinski definition) is 6. The van der Waals surface area contributed by atoms with E-state index in [-0.39, 0.29) is 12.1 Å². The third-order valence-corrected chi connectivity index (χ3v) is 5.36. The zero-order valence-corrected chi connectivity index (χ0v) is 18.6. The standard InChI is InChI=1S/C26H22N2O6/c1-32-18-11-15(12-19(13-18)33-2)14-28-25(30)23-22(16-7-9-17(10-8-16)24(27)29)20-5-3-4-6-21(20)34-26(23)31/h3-13H,14H2,1-2H3,(H2,27,29)(H,28,30). The molecule has 4 aromatic rings. The molecule has 3 aromatic carbocycles. The van der Waals surface area contributed by atoms with Gasteiger partial charge in [-0.2, -0.15) is 0 Å². The Kier molecular flexibility index (Phi) is 6.31. The highest BCUT2D eigenvalue weighted by atomic mass is 16.5. The van der Waals surface area contributed by atoms with Crippen molar-refractivity contribution in [2.45, 2.75) is 6.54 Å². The van der Waals surface area contributed by atoms with Crippen molar-refractivity contribution in [2.75, 3.05) is 14.2 Å². The van der Waals surface area contributed by atoms with Crippen molar-refractivity contribution in [3.8, 4) is 22.6 Å². The Balaban J connectivity index is 1.77. The summed E-state index contributed by atoms with van der Waals surface area (Å²) in [6, 6.07) is 18.6. The molecule has 8 heteroatoms. The van der Waals surface area contributed by atoms with E-state index in [9.17, 15) is 14.4 Å². The minimum Gasteiger partial charge on any atom is -0.497 e. The topological polar surface area (TPSA) is 121 Å². The van der Waals surface area contributed by atoms with Gasteiger partial charge in [-0.1, -0.05) is 30.3 Å². The number of benzene rings is 3. The maximum atomic E-state index is 13.3. The summed E-state index contributed by atoms with van der Waals surface area (Å²) < 4.78 is 16.0. The van der Waals surface area contributed by atoms with Crippen LogP contribution in [0.25, 0.3) is 22.1 Å². The molecule has 2 amide bonds. The molecule has 0 saturated heterocycles. The van der Waals surface area contributed by atoms with Crippen LogP contribution in [-0.2, 0) is 6.54 Å². The van der Waals surface area contributed by atoms with E-state index in [1.807, 2.05) is 0 Å². The van der Waals surface area contributed by atoms with Crippen molar-refractivity contribution in [1.82, 2.24) is 5.32 Å². The number of methoxy groups -OCH3 is 2. The lowest BCUT2D eigenvalue weighted by atomic mass is 9.95. The smallest absolute Gasteiger partial charge is 0.349 e. The second kappa shape index (κ2) is 9.50. The van der Waals surface area contributed by atoms with Crippen molar-refractivity contribution < 1.29 is 23.5 Å². The number of fused-ring (bicyclic) bond motifs is 1. The summed E-state index contributed by atoms with van der Waals surface area (Å²) in [7, 11) is 3.07. The molecule has 1 aromatic heterocycles. The number of nitrogens with two attached hydrogens (primary N) is 1. The molecule has 3 N–H and O–H groups in total. The van der Waals surface area contributed by atoms with Gasteiger partial charge in [0.15, 0.2) is 0 Å². The first kappa shape index (κ1) is 22.6. The molecule has 0 aliphatic rings. The summed E-state index contributed by atoms with van der Waals surface area (Å²) in [5.74, 6) is -0.0287. The van der Waals surface area contributed by atoms with E-state index in [1.54, 1.807) is 66.7 Å². The Labute approximate surface area is 194 Å². The quantitative estimate of drug-likeness (QED) is 0.409. The molecule has 8 nitrogen and oxygen atoms in total. The van der Waals surface area contributed by atoms with Crippen molar-refractivity contribution in [1.29, 1.82) is 0 Å². The molecule has 0 radical (unpaired) electrons. The molecule has 1 heterocycles. The van der Waals surface area contributed by atoms with Gasteiger partial charge in [-0.05, 0) is 41.5 Å². The van der Waals surface area contributed by atoms with Crippen LogP contribution < -0.4 is 26.1 Å². The third-order valence-electron chi connectivity index (χ3n) is 5.36. The van der Waals surface area contributed by atoms with Gasteiger partial charge >= 0.3 is 5.63 Å². The fraction of sp³-hybridized carbons (Fsp3) is 0.115. The number of hydrogen-bond donors (Lipinski definition) is 2. The Hall–Kier alpha value is -4.59. The third kappa shape index (κ3) is 4.47. The number of amides is 2. The zero-order valence-electron chi connectivity index (χ0n) is 18.6. The van der Waals surface area contributed by atoms with Crippen LogP contribution in [-0.4, -0.2) is 26.0 Å². The van der Waals surface area contributed by atoms with E-state index in [0.717, 1.165) is 5.56 Å². The Morgan fingerprint density at radius 3 is 2.21 bits per heavy atom. The lowest BCUT2D eigenvalue weighted by Gasteiger charge is -2.13. The molecule has 0 unspecified atom stereocenters. The van der Waals surface area contributed by atoms with E-state index in [4.69, 9.17) is 19.6 Å². The van der Waals surface area contributed by atoms with Gasteiger partial charge in [-0.25, -0.2) is 4.79 Å². The van der Waals surface area contributed by atoms with Gasteiger partial charge in [0.2, 0.25) is 5.91 Å². The molecule has 0 saturated carbocycles. The van der Waals surface area contributed by atoms with Crippen LogP contribution in [0.3, 0.4) is 0 Å². The van der Waals surface area contributed by atoms with Gasteiger partial charge in [0.25, 0.3) is 5.91 Å². The lowest BCUT2D eigenvalue weighted by Crippen LogP contribution is -2.29. The maximum absolute atomic E-state index is 13.3. The highest BCUT2D eigenvalue weighted by molar-refractivity contribution is 6.08. The molecule has 0 aliphatic heterocycles. The summed E-state index contributed by atoms with van der Waals surface area (Å²) in [5, 5.41) is 3.36. The fourth-order valence-electron chi connectivity index (χ4n) is 3.70. The van der Waals surface area contributed by atoms with Crippen molar-refractivity contribution in [3.05, 3.63) is 93.8 Å². The summed E-state index contributed by atoms with van der Waals surface area (Å²) in [4.78, 5) is 37.6. The molecule has 0 fully saturated rings. The van der Waals surface area contributed by atoms with Crippen LogP contribution in [0.1, 0.15) is 26.3 Å². The van der Waals surface area contributed by atoms with Gasteiger partial charge in [0.1, 0.15) is 22.6 Å². The highest BCUT2D eigenvalue weighted by Crippen LogP contribution is 2.31. The van der Waals surface area contributed by atoms with Crippen LogP contribution in [0.15, 0.2) is 75.9 Å². The van der Waals surface area contributed by atoms with E-state index in [1.165, 1.54) is 14.2 Å². The first-order valence-corrected chi connectivity index (χ1v) is 10.4. The summed E-state index contributed by atoms with van der Waals surface area (Å²) >= 11 is 0. The first-order valence-electron chi connectivity index (χ1n) is 10.4. The molecular weight excluding hydrogens is 436 g/mol. The first-order chi connectivity index (χ1) is 16.4. The number of para-hydroxylation sites is 1. The lowest BCUT2D eigenvalue weighted by molar-refractivity contribution is 0.0946. The minimum absolute atomic E-state index is 0.124. The molecule has 0 spiro atoms. The van der Waals surface area contributed by atoms with Crippen LogP contribution in [0, 0.1) is 0 Å². The van der Waals surface area contributed by atoms with E-state index in [2.05, 4.69) is 5.32 Å². The van der Waals surface area contributed by atoms with E-state index >= 15 is 0 Å². The minimum atomic E-state index is -0.770. The van der Waals surface area contributed by atoms with Gasteiger partial charge in [0.05, 0.1) is 14.2 Å². The van der Waals surface area contributed by atoms with Crippen LogP contribution in [0.5, 0.6) is 11.5 Å². The van der Waals surface area contributed by atoms with Crippen LogP contribution >= 0.6 is 0 Å². The molecule has 34 heavy (non-hydrogen) atoms. The van der Waals surface area contributed by atoms with E-state index < -0.39 is 17.4 Å². The molecular formula is C26H22N2O6. The Morgan fingerprint density at radius 1 is 0.941 bits per heavy atom. The average Bonchev–Trinajstić information content (AvgIpc) is 2.86. The molecule has 0 aliphatic carbocycles. The van der Waals surface area contributed by atoms with Gasteiger partial charge in [-0.15, -0.1) is 0 Å². The number of carbonyl (C=O) groups excluding carboxylic acids is 2. The van der Waals surface area contributed by atoms with Gasteiger partial charge in [-0.3, -0.25) is 9.59 Å². The number of rotatable bonds is 7.